The predicted molar refractivity (Wildman–Crippen MR) is 238 cm³/mol. The van der Waals surface area contributed by atoms with E-state index in [9.17, 15) is 19.5 Å². The number of carbonyl (C=O) groups is 3. The normalized spacial score (nSPS) is 13.2. The smallest absolute Gasteiger partial charge is 0.362 e. The SMILES string of the molecule is CCCC/C=C/C=C/CCCCCC(=O)OC(COCCC(C(=O)O)[N+](C)(C)C)COC(=O)CCCCCCCCC/C=C/CCCCCCCCCCCCC. The number of quaternary nitrogens is 1. The van der Waals surface area contributed by atoms with E-state index in [1.807, 2.05) is 21.1 Å². The monoisotopic (exact) mass is 805 g/mol. The Morgan fingerprint density at radius 2 is 0.947 bits per heavy atom. The fraction of sp³-hybridized carbons (Fsp3) is 0.816. The molecule has 0 rings (SSSR count). The second-order valence-electron chi connectivity index (χ2n) is 17.0. The van der Waals surface area contributed by atoms with E-state index in [2.05, 4.69) is 50.3 Å². The number of allylic oxidation sites excluding steroid dienone is 6. The van der Waals surface area contributed by atoms with Crippen molar-refractivity contribution in [3.05, 3.63) is 36.5 Å². The van der Waals surface area contributed by atoms with E-state index in [-0.39, 0.29) is 36.2 Å². The van der Waals surface area contributed by atoms with Gasteiger partial charge in [0.2, 0.25) is 0 Å². The third-order valence-electron chi connectivity index (χ3n) is 10.5. The zero-order chi connectivity index (χ0) is 42.1. The molecule has 2 unspecified atom stereocenters. The van der Waals surface area contributed by atoms with Crippen LogP contribution in [0.4, 0.5) is 0 Å². The van der Waals surface area contributed by atoms with Gasteiger partial charge in [-0.15, -0.1) is 0 Å². The maximum atomic E-state index is 12.7. The van der Waals surface area contributed by atoms with Crippen LogP contribution in [0.25, 0.3) is 0 Å². The van der Waals surface area contributed by atoms with Gasteiger partial charge in [0.05, 0.1) is 34.4 Å². The number of ether oxygens (including phenoxy) is 3. The second-order valence-corrected chi connectivity index (χ2v) is 17.0. The number of esters is 2. The van der Waals surface area contributed by atoms with Crippen molar-refractivity contribution in [3.8, 4) is 0 Å². The van der Waals surface area contributed by atoms with Gasteiger partial charge >= 0.3 is 17.9 Å². The molecule has 0 heterocycles. The lowest BCUT2D eigenvalue weighted by Gasteiger charge is -2.31. The van der Waals surface area contributed by atoms with Crippen LogP contribution in [-0.4, -0.2) is 80.6 Å². The molecule has 8 heteroatoms. The van der Waals surface area contributed by atoms with Crippen molar-refractivity contribution in [2.24, 2.45) is 0 Å². The van der Waals surface area contributed by atoms with Crippen LogP contribution in [0.5, 0.6) is 0 Å². The molecule has 0 saturated carbocycles. The van der Waals surface area contributed by atoms with E-state index in [0.717, 1.165) is 51.4 Å². The molecule has 0 aromatic heterocycles. The summed E-state index contributed by atoms with van der Waals surface area (Å²) >= 11 is 0. The molecule has 0 aromatic rings. The summed E-state index contributed by atoms with van der Waals surface area (Å²) in [7, 11) is 5.52. The first-order valence-electron chi connectivity index (χ1n) is 23.5. The number of hydrogen-bond donors (Lipinski definition) is 1. The maximum Gasteiger partial charge on any atom is 0.362 e. The van der Waals surface area contributed by atoms with Gasteiger partial charge < -0.3 is 23.8 Å². The first-order valence-corrected chi connectivity index (χ1v) is 23.5. The number of unbranched alkanes of at least 4 members (excludes halogenated alkanes) is 23. The third kappa shape index (κ3) is 38.8. The third-order valence-corrected chi connectivity index (χ3v) is 10.5. The summed E-state index contributed by atoms with van der Waals surface area (Å²) in [6.07, 6.45) is 46.3. The van der Waals surface area contributed by atoms with E-state index >= 15 is 0 Å². The molecule has 2 atom stereocenters. The Labute approximate surface area is 351 Å². The highest BCUT2D eigenvalue weighted by Crippen LogP contribution is 2.15. The summed E-state index contributed by atoms with van der Waals surface area (Å²) in [4.78, 5) is 36.9. The number of aliphatic carboxylic acids is 1. The van der Waals surface area contributed by atoms with Crippen molar-refractivity contribution in [3.63, 3.8) is 0 Å². The number of rotatable bonds is 42. The molecule has 0 radical (unpaired) electrons. The zero-order valence-electron chi connectivity index (χ0n) is 37.8. The summed E-state index contributed by atoms with van der Waals surface area (Å²) in [6, 6.07) is -0.619. The number of hydrogen-bond acceptors (Lipinski definition) is 6. The van der Waals surface area contributed by atoms with E-state index in [4.69, 9.17) is 14.2 Å². The first-order chi connectivity index (χ1) is 27.6. The molecular weight excluding hydrogens is 715 g/mol. The lowest BCUT2D eigenvalue weighted by molar-refractivity contribution is -0.887. The second kappa shape index (κ2) is 40.3. The Kier molecular flexibility index (Phi) is 38.6. The summed E-state index contributed by atoms with van der Waals surface area (Å²) in [5.41, 5.74) is 0. The fourth-order valence-electron chi connectivity index (χ4n) is 6.83. The molecule has 0 aromatic carbocycles. The van der Waals surface area contributed by atoms with Gasteiger partial charge in [0, 0.05) is 19.3 Å². The summed E-state index contributed by atoms with van der Waals surface area (Å²) < 4.78 is 17.2. The Bertz CT molecular complexity index is 1030. The molecule has 0 aliphatic rings. The average Bonchev–Trinajstić information content (AvgIpc) is 3.17. The van der Waals surface area contributed by atoms with Crippen molar-refractivity contribution in [2.45, 2.75) is 219 Å². The molecule has 0 spiro atoms. The van der Waals surface area contributed by atoms with E-state index < -0.39 is 18.1 Å². The van der Waals surface area contributed by atoms with Gasteiger partial charge in [0.1, 0.15) is 6.61 Å². The summed E-state index contributed by atoms with van der Waals surface area (Å²) in [6.45, 7) is 4.66. The van der Waals surface area contributed by atoms with Gasteiger partial charge in [-0.25, -0.2) is 4.79 Å². The van der Waals surface area contributed by atoms with Crippen molar-refractivity contribution in [1.29, 1.82) is 0 Å². The van der Waals surface area contributed by atoms with Crippen molar-refractivity contribution in [2.75, 3.05) is 41.0 Å². The van der Waals surface area contributed by atoms with Gasteiger partial charge in [-0.05, 0) is 57.8 Å². The minimum absolute atomic E-state index is 0.0499. The Balaban J connectivity index is 4.22. The molecule has 332 valence electrons. The van der Waals surface area contributed by atoms with Crippen molar-refractivity contribution in [1.82, 2.24) is 0 Å². The highest BCUT2D eigenvalue weighted by Gasteiger charge is 2.31. The highest BCUT2D eigenvalue weighted by molar-refractivity contribution is 5.72. The Morgan fingerprint density at radius 1 is 0.526 bits per heavy atom. The number of carboxylic acid groups (broad SMARTS) is 1. The van der Waals surface area contributed by atoms with Crippen LogP contribution in [0, 0.1) is 0 Å². The number of carboxylic acids is 1. The standard InChI is InChI=1S/C49H89NO7/c1-6-8-10-12-14-16-18-19-20-21-22-23-24-25-26-27-28-30-31-33-35-37-39-47(51)56-44-45(43-55-42-41-46(49(53)54)50(3,4)5)57-48(52)40-38-36-34-32-29-17-15-13-11-9-7-2/h13,15,17,24-25,29,45-46H,6-12,14,16,18-23,26-28,30-44H2,1-5H3/p+1/b15-13+,25-24+,29-17+. The Hall–Kier alpha value is -2.45. The molecule has 0 amide bonds. The van der Waals surface area contributed by atoms with Crippen LogP contribution >= 0.6 is 0 Å². The van der Waals surface area contributed by atoms with E-state index in [1.165, 1.54) is 122 Å². The van der Waals surface area contributed by atoms with Crippen LogP contribution in [0.15, 0.2) is 36.5 Å². The molecule has 1 N–H and O–H groups in total. The van der Waals surface area contributed by atoms with Gasteiger partial charge in [-0.1, -0.05) is 166 Å². The van der Waals surface area contributed by atoms with Gasteiger partial charge in [-0.3, -0.25) is 9.59 Å². The quantitative estimate of drug-likeness (QED) is 0.0216. The number of carbonyl (C=O) groups excluding carboxylic acids is 2. The predicted octanol–water partition coefficient (Wildman–Crippen LogP) is 13.0. The molecule has 0 fully saturated rings. The number of nitrogens with zero attached hydrogens (tertiary/aromatic N) is 1. The minimum Gasteiger partial charge on any atom is -0.477 e. The fourth-order valence-corrected chi connectivity index (χ4v) is 6.83. The minimum atomic E-state index is -0.880. The van der Waals surface area contributed by atoms with Crippen molar-refractivity contribution < 1.29 is 38.2 Å². The van der Waals surface area contributed by atoms with Gasteiger partial charge in [0.25, 0.3) is 0 Å². The lowest BCUT2D eigenvalue weighted by Crippen LogP contribution is -2.50. The lowest BCUT2D eigenvalue weighted by atomic mass is 10.0. The zero-order valence-corrected chi connectivity index (χ0v) is 37.8. The largest absolute Gasteiger partial charge is 0.477 e. The topological polar surface area (TPSA) is 99.1 Å². The van der Waals surface area contributed by atoms with Gasteiger partial charge in [-0.2, -0.15) is 0 Å². The van der Waals surface area contributed by atoms with Crippen LogP contribution in [0.1, 0.15) is 206 Å². The molecule has 8 nitrogen and oxygen atoms in total. The van der Waals surface area contributed by atoms with Crippen LogP contribution < -0.4 is 0 Å². The van der Waals surface area contributed by atoms with E-state index in [1.54, 1.807) is 0 Å². The van der Waals surface area contributed by atoms with Crippen LogP contribution in [-0.2, 0) is 28.6 Å². The molecule has 0 aliphatic carbocycles. The Morgan fingerprint density at radius 3 is 1.44 bits per heavy atom. The van der Waals surface area contributed by atoms with Gasteiger partial charge in [0.15, 0.2) is 12.1 Å². The average molecular weight is 805 g/mol. The molecule has 0 saturated heterocycles. The van der Waals surface area contributed by atoms with E-state index in [0.29, 0.717) is 19.3 Å². The highest BCUT2D eigenvalue weighted by atomic mass is 16.6. The molecule has 0 aliphatic heterocycles. The summed E-state index contributed by atoms with van der Waals surface area (Å²) in [5, 5.41) is 9.61. The molecular formula is C49H90NO7+. The number of likely N-dealkylation sites (N-methyl/N-ethyl adjacent to an activating group) is 1. The van der Waals surface area contributed by atoms with Crippen LogP contribution in [0.3, 0.4) is 0 Å². The first kappa shape index (κ1) is 54.6. The summed E-state index contributed by atoms with van der Waals surface area (Å²) in [5.74, 6) is -1.51. The molecule has 57 heavy (non-hydrogen) atoms. The van der Waals surface area contributed by atoms with Crippen LogP contribution in [0.2, 0.25) is 0 Å². The molecule has 0 bridgehead atoms. The van der Waals surface area contributed by atoms with Crippen molar-refractivity contribution >= 4 is 17.9 Å². The maximum absolute atomic E-state index is 12.7.